The quantitative estimate of drug-likeness (QED) is 0.210. The smallest absolute Gasteiger partial charge is 0.779 e. The van der Waals surface area contributed by atoms with E-state index in [4.69, 9.17) is 44.1 Å². The summed E-state index contributed by atoms with van der Waals surface area (Å²) in [4.78, 5) is 26.9. The molecule has 0 bridgehead atoms. The van der Waals surface area contributed by atoms with Crippen molar-refractivity contribution in [1.29, 1.82) is 0 Å². The maximum atomic E-state index is 8.97. The molecule has 0 heterocycles. The first-order valence-electron chi connectivity index (χ1n) is 2.38. The molecule has 12 nitrogen and oxygen atoms in total. The molecular formula is H6AlO12P3. The molecule has 0 saturated heterocycles. The second kappa shape index (κ2) is 21.2. The van der Waals surface area contributed by atoms with E-state index in [0.29, 0.717) is 0 Å². The molecule has 0 saturated carbocycles. The summed E-state index contributed by atoms with van der Waals surface area (Å²) in [6, 6.07) is 0. The summed E-state index contributed by atoms with van der Waals surface area (Å²) in [5.74, 6) is 0. The molecule has 0 spiro atoms. The third-order valence-corrected chi connectivity index (χ3v) is 0.671. The molecule has 0 radical (unpaired) electrons. The van der Waals surface area contributed by atoms with Gasteiger partial charge in [-0.3, -0.25) is 0 Å². The van der Waals surface area contributed by atoms with Crippen LogP contribution in [0, 0.1) is 0 Å². The maximum absolute atomic E-state index is 8.97. The monoisotopic (exact) mass is 318 g/mol. The first-order chi connectivity index (χ1) is 6.81. The first-order valence-corrected chi connectivity index (χ1v) is 6.06. The minimum atomic E-state index is -3.32. The van der Waals surface area contributed by atoms with E-state index in [9.17, 15) is 0 Å². The summed E-state index contributed by atoms with van der Waals surface area (Å²) in [5, 5.41) is 21.2. The van der Waals surface area contributed by atoms with Crippen molar-refractivity contribution in [3.8, 4) is 0 Å². The van der Waals surface area contributed by atoms with Crippen LogP contribution >= 0.6 is 24.8 Å². The van der Waals surface area contributed by atoms with Gasteiger partial charge in [-0.05, 0) is 0 Å². The fraction of sp³-hybridized carbons (Fsp3) is 0. The summed E-state index contributed by atoms with van der Waals surface area (Å²) in [5.41, 5.74) is 0. The van der Waals surface area contributed by atoms with Gasteiger partial charge in [-0.2, -0.15) is 14.0 Å². The summed E-state index contributed by atoms with van der Waals surface area (Å²) in [7, 11) is -9.96. The molecule has 96 valence electrons. The van der Waals surface area contributed by atoms with Gasteiger partial charge >= 0.3 is 17.4 Å². The zero-order valence-electron chi connectivity index (χ0n) is 7.09. The van der Waals surface area contributed by atoms with Crippen LogP contribution in [-0.4, -0.2) is 33.1 Å². The maximum Gasteiger partial charge on any atom is 3.00 e. The Morgan fingerprint density at radius 1 is 0.688 bits per heavy atom. The SMILES string of the molecule is O=[PH]([O-])OO.O=[PH]([O-])OO.O=[PH]([O-])OO.[Al+3]. The van der Waals surface area contributed by atoms with E-state index in [1.165, 1.54) is 0 Å². The normalized spacial score (nSPS) is 13.9. The van der Waals surface area contributed by atoms with E-state index >= 15 is 0 Å². The van der Waals surface area contributed by atoms with Crippen LogP contribution in [0.1, 0.15) is 0 Å². The summed E-state index contributed by atoms with van der Waals surface area (Å²) in [6.45, 7) is 0. The Morgan fingerprint density at radius 3 is 0.750 bits per heavy atom. The van der Waals surface area contributed by atoms with E-state index in [1.54, 1.807) is 0 Å². The van der Waals surface area contributed by atoms with Crippen molar-refractivity contribution in [2.24, 2.45) is 0 Å². The van der Waals surface area contributed by atoms with Crippen molar-refractivity contribution < 1.29 is 58.2 Å². The fourth-order valence-electron chi connectivity index (χ4n) is 0. The van der Waals surface area contributed by atoms with E-state index in [1.807, 2.05) is 0 Å². The van der Waals surface area contributed by atoms with Crippen LogP contribution in [0.4, 0.5) is 0 Å². The Kier molecular flexibility index (Phi) is 33.9. The summed E-state index contributed by atoms with van der Waals surface area (Å²) >= 11 is 0. The van der Waals surface area contributed by atoms with Crippen LogP contribution < -0.4 is 14.7 Å². The van der Waals surface area contributed by atoms with Gasteiger partial charge in [0.05, 0.1) is 0 Å². The standard InChI is InChI=1S/Al.3H3O4P/c;3*1-4-5(2)3/h;3*1,5H,(H,2,3)/q+3;;;/p-3. The Morgan fingerprint density at radius 2 is 0.750 bits per heavy atom. The molecule has 3 N–H and O–H groups in total. The Labute approximate surface area is 101 Å². The first kappa shape index (κ1) is 25.6. The van der Waals surface area contributed by atoms with Gasteiger partial charge in [-0.1, -0.05) is 0 Å². The molecule has 0 amide bonds. The largest absolute Gasteiger partial charge is 3.00 e. The predicted molar refractivity (Wildman–Crippen MR) is 43.9 cm³/mol. The molecule has 3 unspecified atom stereocenters. The van der Waals surface area contributed by atoms with Gasteiger partial charge in [0.15, 0.2) is 24.8 Å². The second-order valence-corrected chi connectivity index (χ2v) is 3.07. The van der Waals surface area contributed by atoms with Crippen LogP contribution in [0.3, 0.4) is 0 Å². The van der Waals surface area contributed by atoms with Gasteiger partial charge in [-0.15, -0.1) is 0 Å². The molecule has 0 aliphatic heterocycles. The van der Waals surface area contributed by atoms with Crippen LogP contribution in [0.25, 0.3) is 0 Å². The zero-order chi connectivity index (χ0) is 12.9. The van der Waals surface area contributed by atoms with E-state index in [-0.39, 0.29) is 17.4 Å². The molecule has 0 fully saturated rings. The molecule has 3 atom stereocenters. The number of hydrogen-bond donors (Lipinski definition) is 3. The van der Waals surface area contributed by atoms with E-state index in [2.05, 4.69) is 14.0 Å². The van der Waals surface area contributed by atoms with Crippen molar-refractivity contribution in [3.05, 3.63) is 0 Å². The Balaban J connectivity index is -0.0000000655. The van der Waals surface area contributed by atoms with Gasteiger partial charge in [-0.25, -0.2) is 15.8 Å². The Hall–Kier alpha value is 0.862. The third kappa shape index (κ3) is 60.6. The van der Waals surface area contributed by atoms with Gasteiger partial charge in [0.25, 0.3) is 0 Å². The number of rotatable bonds is 3. The van der Waals surface area contributed by atoms with Gasteiger partial charge in [0.1, 0.15) is 0 Å². The Bertz CT molecular complexity index is 155. The molecule has 0 rings (SSSR count). The minimum absolute atomic E-state index is 0. The summed E-state index contributed by atoms with van der Waals surface area (Å²) < 4.78 is 35.1. The van der Waals surface area contributed by atoms with Crippen molar-refractivity contribution in [3.63, 3.8) is 0 Å². The molecular weight excluding hydrogens is 312 g/mol. The molecule has 16 heavy (non-hydrogen) atoms. The van der Waals surface area contributed by atoms with Crippen molar-refractivity contribution in [1.82, 2.24) is 0 Å². The topological polar surface area (TPSA) is 209 Å². The molecule has 0 aromatic rings. The van der Waals surface area contributed by atoms with Crippen LogP contribution in [0.15, 0.2) is 0 Å². The molecule has 0 aliphatic rings. The summed E-state index contributed by atoms with van der Waals surface area (Å²) in [6.07, 6.45) is 0. The van der Waals surface area contributed by atoms with Crippen molar-refractivity contribution in [2.75, 3.05) is 0 Å². The van der Waals surface area contributed by atoms with E-state index < -0.39 is 24.8 Å². The molecule has 0 aromatic carbocycles. The van der Waals surface area contributed by atoms with Gasteiger partial charge in [0.2, 0.25) is 0 Å². The molecule has 0 aromatic heterocycles. The number of hydrogen-bond acceptors (Lipinski definition) is 12. The van der Waals surface area contributed by atoms with Crippen LogP contribution in [0.5, 0.6) is 0 Å². The van der Waals surface area contributed by atoms with Crippen LogP contribution in [0.2, 0.25) is 0 Å². The average Bonchev–Trinajstić information content (AvgIpc) is 2.19. The second-order valence-electron chi connectivity index (χ2n) is 1.02. The molecule has 16 heteroatoms. The third-order valence-electron chi connectivity index (χ3n) is 0.224. The van der Waals surface area contributed by atoms with Crippen LogP contribution in [-0.2, 0) is 27.7 Å². The predicted octanol–water partition coefficient (Wildman–Crippen LogP) is -2.70. The molecule has 0 aliphatic carbocycles. The zero-order valence-corrected chi connectivity index (χ0v) is 11.2. The average molecular weight is 318 g/mol. The minimum Gasteiger partial charge on any atom is -0.779 e. The van der Waals surface area contributed by atoms with E-state index in [0.717, 1.165) is 0 Å². The fourth-order valence-corrected chi connectivity index (χ4v) is 0. The van der Waals surface area contributed by atoms with Crippen molar-refractivity contribution >= 4 is 42.1 Å². The van der Waals surface area contributed by atoms with Gasteiger partial charge in [0, 0.05) is 0 Å². The van der Waals surface area contributed by atoms with Crippen molar-refractivity contribution in [2.45, 2.75) is 0 Å². The van der Waals surface area contributed by atoms with Gasteiger partial charge < -0.3 is 28.4 Å².